The van der Waals surface area contributed by atoms with Crippen LogP contribution >= 0.6 is 27.5 Å². The minimum Gasteiger partial charge on any atom is -0.342 e. The number of amides is 2. The maximum atomic E-state index is 11.8. The number of carbonyl (C=O) groups is 2. The lowest BCUT2D eigenvalue weighted by molar-refractivity contribution is -0.115. The van der Waals surface area contributed by atoms with Crippen molar-refractivity contribution >= 4 is 45.0 Å². The molecule has 0 spiro atoms. The molecule has 0 aliphatic heterocycles. The number of aromatic nitrogens is 1. The first-order valence-corrected chi connectivity index (χ1v) is 7.17. The van der Waals surface area contributed by atoms with Crippen molar-refractivity contribution in [3.8, 4) is 0 Å². The van der Waals surface area contributed by atoms with Gasteiger partial charge in [0.1, 0.15) is 5.69 Å². The van der Waals surface area contributed by atoms with Crippen molar-refractivity contribution < 1.29 is 9.59 Å². The van der Waals surface area contributed by atoms with Crippen molar-refractivity contribution in [2.24, 2.45) is 0 Å². The van der Waals surface area contributed by atoms with Crippen molar-refractivity contribution in [3.63, 3.8) is 0 Å². The number of hydrogen-bond donors (Lipinski definition) is 2. The number of halogens is 2. The molecular weight excluding hydrogens is 358 g/mol. The third-order valence-electron chi connectivity index (χ3n) is 2.51. The first kappa shape index (κ1) is 15.5. The van der Waals surface area contributed by atoms with Crippen LogP contribution in [-0.4, -0.2) is 23.3 Å². The molecule has 7 heteroatoms. The lowest BCUT2D eigenvalue weighted by atomic mass is 10.3. The molecule has 1 aromatic heterocycles. The average Bonchev–Trinajstić information content (AvgIpc) is 2.47. The molecule has 1 heterocycles. The summed E-state index contributed by atoms with van der Waals surface area (Å²) in [6.45, 7) is -0.158. The first-order valence-electron chi connectivity index (χ1n) is 6.00. The predicted molar refractivity (Wildman–Crippen MR) is 84.4 cm³/mol. The van der Waals surface area contributed by atoms with E-state index < -0.39 is 5.91 Å². The van der Waals surface area contributed by atoms with E-state index in [9.17, 15) is 9.59 Å². The van der Waals surface area contributed by atoms with Gasteiger partial charge in [0.15, 0.2) is 0 Å². The summed E-state index contributed by atoms with van der Waals surface area (Å²) < 4.78 is 0.765. The molecule has 1 aromatic carbocycles. The van der Waals surface area contributed by atoms with Gasteiger partial charge >= 0.3 is 0 Å². The van der Waals surface area contributed by atoms with Gasteiger partial charge in [-0.2, -0.15) is 0 Å². The van der Waals surface area contributed by atoms with E-state index in [-0.39, 0.29) is 18.1 Å². The number of rotatable bonds is 4. The van der Waals surface area contributed by atoms with Crippen molar-refractivity contribution in [1.29, 1.82) is 0 Å². The van der Waals surface area contributed by atoms with E-state index in [0.717, 1.165) is 4.47 Å². The summed E-state index contributed by atoms with van der Waals surface area (Å²) in [4.78, 5) is 27.5. The van der Waals surface area contributed by atoms with E-state index >= 15 is 0 Å². The average molecular weight is 369 g/mol. The van der Waals surface area contributed by atoms with Gasteiger partial charge < -0.3 is 10.6 Å². The zero-order valence-corrected chi connectivity index (χ0v) is 13.1. The summed E-state index contributed by atoms with van der Waals surface area (Å²) in [5.41, 5.74) is 0.800. The van der Waals surface area contributed by atoms with Crippen molar-refractivity contribution in [2.45, 2.75) is 0 Å². The fourth-order valence-corrected chi connectivity index (χ4v) is 2.08. The van der Waals surface area contributed by atoms with Crippen LogP contribution in [0.2, 0.25) is 5.02 Å². The molecule has 21 heavy (non-hydrogen) atoms. The van der Waals surface area contributed by atoms with Crippen LogP contribution < -0.4 is 10.6 Å². The van der Waals surface area contributed by atoms with E-state index in [0.29, 0.717) is 10.7 Å². The molecular formula is C14H11BrClN3O2. The van der Waals surface area contributed by atoms with Crippen molar-refractivity contribution in [1.82, 2.24) is 10.3 Å². The highest BCUT2D eigenvalue weighted by molar-refractivity contribution is 9.10. The summed E-state index contributed by atoms with van der Waals surface area (Å²) in [6.07, 6.45) is 1.43. The highest BCUT2D eigenvalue weighted by Crippen LogP contribution is 2.20. The van der Waals surface area contributed by atoms with E-state index in [2.05, 4.69) is 31.5 Å². The number of nitrogens with one attached hydrogen (secondary N) is 2. The summed E-state index contributed by atoms with van der Waals surface area (Å²) >= 11 is 9.09. The number of pyridine rings is 1. The molecule has 2 rings (SSSR count). The second-order valence-corrected chi connectivity index (χ2v) is 5.36. The number of anilines is 1. The van der Waals surface area contributed by atoms with Crippen LogP contribution in [0.4, 0.5) is 5.69 Å². The molecule has 2 N–H and O–H groups in total. The van der Waals surface area contributed by atoms with Gasteiger partial charge in [-0.3, -0.25) is 14.6 Å². The third kappa shape index (κ3) is 4.54. The molecule has 0 aliphatic carbocycles. The molecule has 2 aromatic rings. The van der Waals surface area contributed by atoms with E-state index in [1.807, 2.05) is 12.1 Å². The molecule has 2 amide bonds. The molecule has 0 atom stereocenters. The second kappa shape index (κ2) is 7.19. The SMILES string of the molecule is O=C(CNC(=O)c1cc(Cl)ccn1)Nc1ccccc1Br. The molecule has 0 fully saturated rings. The van der Waals surface area contributed by atoms with Gasteiger partial charge in [0.05, 0.1) is 12.2 Å². The smallest absolute Gasteiger partial charge is 0.270 e. The maximum Gasteiger partial charge on any atom is 0.270 e. The van der Waals surface area contributed by atoms with E-state index in [1.165, 1.54) is 12.3 Å². The van der Waals surface area contributed by atoms with Crippen LogP contribution in [0.15, 0.2) is 47.1 Å². The van der Waals surface area contributed by atoms with Gasteiger partial charge in [-0.1, -0.05) is 23.7 Å². The van der Waals surface area contributed by atoms with E-state index in [1.54, 1.807) is 18.2 Å². The van der Waals surface area contributed by atoms with Crippen LogP contribution in [0.1, 0.15) is 10.5 Å². The molecule has 5 nitrogen and oxygen atoms in total. The van der Waals surface area contributed by atoms with Gasteiger partial charge in [-0.05, 0) is 40.2 Å². The minimum absolute atomic E-state index is 0.158. The molecule has 0 aliphatic rings. The highest BCUT2D eigenvalue weighted by atomic mass is 79.9. The van der Waals surface area contributed by atoms with Gasteiger partial charge in [0.2, 0.25) is 5.91 Å². The Morgan fingerprint density at radius 3 is 2.71 bits per heavy atom. The third-order valence-corrected chi connectivity index (χ3v) is 3.44. The predicted octanol–water partition coefficient (Wildman–Crippen LogP) is 2.87. The van der Waals surface area contributed by atoms with Crippen molar-refractivity contribution in [2.75, 3.05) is 11.9 Å². The molecule has 0 saturated heterocycles. The van der Waals surface area contributed by atoms with Crippen LogP contribution in [0.5, 0.6) is 0 Å². The Kier molecular flexibility index (Phi) is 5.30. The molecule has 0 unspecified atom stereocenters. The van der Waals surface area contributed by atoms with Crippen LogP contribution in [0.25, 0.3) is 0 Å². The second-order valence-electron chi connectivity index (χ2n) is 4.07. The first-order chi connectivity index (χ1) is 10.1. The molecule has 0 saturated carbocycles. The fraction of sp³-hybridized carbons (Fsp3) is 0.0714. The number of nitrogens with zero attached hydrogens (tertiary/aromatic N) is 1. The summed E-state index contributed by atoms with van der Waals surface area (Å²) in [6, 6.07) is 10.2. The highest BCUT2D eigenvalue weighted by Gasteiger charge is 2.10. The van der Waals surface area contributed by atoms with Gasteiger partial charge in [0.25, 0.3) is 5.91 Å². The zero-order valence-electron chi connectivity index (χ0n) is 10.8. The largest absolute Gasteiger partial charge is 0.342 e. The Bertz CT molecular complexity index is 679. The number of carbonyl (C=O) groups excluding carboxylic acids is 2. The minimum atomic E-state index is -0.459. The van der Waals surface area contributed by atoms with Gasteiger partial charge in [0, 0.05) is 15.7 Å². The summed E-state index contributed by atoms with van der Waals surface area (Å²) in [7, 11) is 0. The van der Waals surface area contributed by atoms with Gasteiger partial charge in [-0.15, -0.1) is 0 Å². The summed E-state index contributed by atoms with van der Waals surface area (Å²) in [5.74, 6) is -0.794. The monoisotopic (exact) mass is 367 g/mol. The quantitative estimate of drug-likeness (QED) is 0.872. The molecule has 0 radical (unpaired) electrons. The van der Waals surface area contributed by atoms with Crippen LogP contribution in [0, 0.1) is 0 Å². The molecule has 0 bridgehead atoms. The Hall–Kier alpha value is -1.92. The summed E-state index contributed by atoms with van der Waals surface area (Å²) in [5, 5.41) is 5.57. The normalized spacial score (nSPS) is 10.0. The maximum absolute atomic E-state index is 11.8. The topological polar surface area (TPSA) is 71.1 Å². The lowest BCUT2D eigenvalue weighted by Crippen LogP contribution is -2.33. The number of benzene rings is 1. The molecule has 108 valence electrons. The van der Waals surface area contributed by atoms with Crippen molar-refractivity contribution in [3.05, 3.63) is 57.8 Å². The fourth-order valence-electron chi connectivity index (χ4n) is 1.54. The Balaban J connectivity index is 1.90. The van der Waals surface area contributed by atoms with Crippen LogP contribution in [0.3, 0.4) is 0 Å². The van der Waals surface area contributed by atoms with Crippen LogP contribution in [-0.2, 0) is 4.79 Å². The Morgan fingerprint density at radius 2 is 2.00 bits per heavy atom. The Labute approximate surface area is 134 Å². The van der Waals surface area contributed by atoms with E-state index in [4.69, 9.17) is 11.6 Å². The number of para-hydroxylation sites is 1. The lowest BCUT2D eigenvalue weighted by Gasteiger charge is -2.08. The van der Waals surface area contributed by atoms with Gasteiger partial charge in [-0.25, -0.2) is 0 Å². The standard InChI is InChI=1S/C14H11BrClN3O2/c15-10-3-1-2-4-11(10)19-13(20)8-18-14(21)12-7-9(16)5-6-17-12/h1-7H,8H2,(H,18,21)(H,19,20). The number of hydrogen-bond acceptors (Lipinski definition) is 3. The Morgan fingerprint density at radius 1 is 1.24 bits per heavy atom. The zero-order chi connectivity index (χ0) is 15.2.